The third-order valence-corrected chi connectivity index (χ3v) is 5.45. The SMILES string of the molecule is Clc1c(Br)cccc1C(Br)c1ccc2c(c1)OCCO2. The number of benzene rings is 2. The molecular weight excluding hydrogens is 407 g/mol. The van der Waals surface area contributed by atoms with E-state index in [1.165, 1.54) is 0 Å². The first-order valence-electron chi connectivity index (χ1n) is 6.14. The van der Waals surface area contributed by atoms with E-state index < -0.39 is 0 Å². The average Bonchev–Trinajstić information content (AvgIpc) is 2.49. The molecule has 1 unspecified atom stereocenters. The predicted molar refractivity (Wildman–Crippen MR) is 87.4 cm³/mol. The molecule has 0 N–H and O–H groups in total. The summed E-state index contributed by atoms with van der Waals surface area (Å²) in [6, 6.07) is 11.8. The van der Waals surface area contributed by atoms with Gasteiger partial charge in [0.2, 0.25) is 0 Å². The van der Waals surface area contributed by atoms with E-state index in [0.717, 1.165) is 27.1 Å². The standard InChI is InChI=1S/C15H11Br2ClO2/c16-11-3-1-2-10(15(11)18)14(17)9-4-5-12-13(8-9)20-7-6-19-12/h1-5,8,14H,6-7H2. The normalized spacial score (nSPS) is 14.9. The zero-order valence-corrected chi connectivity index (χ0v) is 14.3. The minimum absolute atomic E-state index is 0.00308. The fourth-order valence-electron chi connectivity index (χ4n) is 2.11. The Morgan fingerprint density at radius 1 is 1.05 bits per heavy atom. The summed E-state index contributed by atoms with van der Waals surface area (Å²) < 4.78 is 12.0. The molecule has 5 heteroatoms. The first kappa shape index (κ1) is 14.2. The van der Waals surface area contributed by atoms with Crippen LogP contribution in [0.3, 0.4) is 0 Å². The summed E-state index contributed by atoms with van der Waals surface area (Å²) in [7, 11) is 0. The number of ether oxygens (including phenoxy) is 2. The van der Waals surface area contributed by atoms with Crippen molar-refractivity contribution in [1.29, 1.82) is 0 Å². The highest BCUT2D eigenvalue weighted by Gasteiger charge is 2.19. The number of alkyl halides is 1. The van der Waals surface area contributed by atoms with Gasteiger partial charge in [-0.25, -0.2) is 0 Å². The molecule has 0 spiro atoms. The molecule has 0 fully saturated rings. The zero-order valence-electron chi connectivity index (χ0n) is 10.4. The van der Waals surface area contributed by atoms with Gasteiger partial charge in [-0.3, -0.25) is 0 Å². The van der Waals surface area contributed by atoms with Gasteiger partial charge in [-0.2, -0.15) is 0 Å². The van der Waals surface area contributed by atoms with Crippen molar-refractivity contribution in [1.82, 2.24) is 0 Å². The van der Waals surface area contributed by atoms with Gasteiger partial charge in [-0.15, -0.1) is 0 Å². The quantitative estimate of drug-likeness (QED) is 0.612. The number of fused-ring (bicyclic) bond motifs is 1. The molecule has 0 saturated heterocycles. The van der Waals surface area contributed by atoms with Gasteiger partial charge in [-0.1, -0.05) is 45.7 Å². The van der Waals surface area contributed by atoms with E-state index in [1.807, 2.05) is 36.4 Å². The molecule has 1 heterocycles. The van der Waals surface area contributed by atoms with Crippen molar-refractivity contribution in [3.63, 3.8) is 0 Å². The van der Waals surface area contributed by atoms with E-state index in [0.29, 0.717) is 18.2 Å². The molecule has 0 bridgehead atoms. The van der Waals surface area contributed by atoms with E-state index in [9.17, 15) is 0 Å². The molecule has 0 saturated carbocycles. The van der Waals surface area contributed by atoms with Gasteiger partial charge >= 0.3 is 0 Å². The molecule has 2 aromatic carbocycles. The molecule has 1 aliphatic rings. The summed E-state index contributed by atoms with van der Waals surface area (Å²) >= 11 is 13.5. The Bertz CT molecular complexity index is 646. The molecule has 104 valence electrons. The van der Waals surface area contributed by atoms with Crippen LogP contribution in [0.1, 0.15) is 16.0 Å². The highest BCUT2D eigenvalue weighted by molar-refractivity contribution is 9.10. The molecule has 20 heavy (non-hydrogen) atoms. The summed E-state index contributed by atoms with van der Waals surface area (Å²) in [5.41, 5.74) is 2.09. The second-order valence-electron chi connectivity index (χ2n) is 4.41. The lowest BCUT2D eigenvalue weighted by molar-refractivity contribution is 0.171. The Kier molecular flexibility index (Phi) is 4.24. The molecule has 1 aliphatic heterocycles. The summed E-state index contributed by atoms with van der Waals surface area (Å²) in [6.45, 7) is 1.18. The van der Waals surface area contributed by atoms with Gasteiger partial charge in [0, 0.05) is 4.47 Å². The first-order chi connectivity index (χ1) is 9.66. The minimum Gasteiger partial charge on any atom is -0.486 e. The second-order valence-corrected chi connectivity index (χ2v) is 6.56. The maximum absolute atomic E-state index is 6.35. The lowest BCUT2D eigenvalue weighted by Crippen LogP contribution is -2.15. The lowest BCUT2D eigenvalue weighted by atomic mass is 10.0. The number of halogens is 3. The van der Waals surface area contributed by atoms with Crippen LogP contribution >= 0.6 is 43.5 Å². The third kappa shape index (κ3) is 2.69. The van der Waals surface area contributed by atoms with Gasteiger partial charge in [0.1, 0.15) is 13.2 Å². The molecular formula is C15H11Br2ClO2. The van der Waals surface area contributed by atoms with Crippen molar-refractivity contribution in [2.24, 2.45) is 0 Å². The Hall–Kier alpha value is -0.710. The van der Waals surface area contributed by atoms with Crippen molar-refractivity contribution in [2.45, 2.75) is 4.83 Å². The average molecular weight is 419 g/mol. The zero-order chi connectivity index (χ0) is 14.1. The van der Waals surface area contributed by atoms with Crippen LogP contribution in [-0.4, -0.2) is 13.2 Å². The van der Waals surface area contributed by atoms with Crippen molar-refractivity contribution in [2.75, 3.05) is 13.2 Å². The maximum Gasteiger partial charge on any atom is 0.161 e. The minimum atomic E-state index is 0.00308. The van der Waals surface area contributed by atoms with E-state index in [1.54, 1.807) is 0 Å². The summed E-state index contributed by atoms with van der Waals surface area (Å²) in [5.74, 6) is 1.57. The first-order valence-corrected chi connectivity index (χ1v) is 8.23. The van der Waals surface area contributed by atoms with Crippen LogP contribution in [0.25, 0.3) is 0 Å². The van der Waals surface area contributed by atoms with Gasteiger partial charge in [0.25, 0.3) is 0 Å². The van der Waals surface area contributed by atoms with Gasteiger partial charge in [0.15, 0.2) is 11.5 Å². The topological polar surface area (TPSA) is 18.5 Å². The van der Waals surface area contributed by atoms with Gasteiger partial charge < -0.3 is 9.47 Å². The van der Waals surface area contributed by atoms with Crippen LogP contribution in [0.4, 0.5) is 0 Å². The van der Waals surface area contributed by atoms with E-state index in [4.69, 9.17) is 21.1 Å². The van der Waals surface area contributed by atoms with E-state index >= 15 is 0 Å². The molecule has 0 aliphatic carbocycles. The third-order valence-electron chi connectivity index (χ3n) is 3.11. The van der Waals surface area contributed by atoms with E-state index in [2.05, 4.69) is 31.9 Å². The lowest BCUT2D eigenvalue weighted by Gasteiger charge is -2.20. The summed E-state index contributed by atoms with van der Waals surface area (Å²) in [6.07, 6.45) is 0. The van der Waals surface area contributed by atoms with Crippen LogP contribution < -0.4 is 9.47 Å². The summed E-state index contributed by atoms with van der Waals surface area (Å²) in [4.78, 5) is 0.00308. The number of hydrogen-bond acceptors (Lipinski definition) is 2. The Balaban J connectivity index is 1.98. The van der Waals surface area contributed by atoms with Crippen LogP contribution in [0.2, 0.25) is 5.02 Å². The van der Waals surface area contributed by atoms with Gasteiger partial charge in [-0.05, 0) is 45.3 Å². The van der Waals surface area contributed by atoms with Crippen molar-refractivity contribution in [3.8, 4) is 11.5 Å². The van der Waals surface area contributed by atoms with Crippen molar-refractivity contribution in [3.05, 3.63) is 57.0 Å². The maximum atomic E-state index is 6.35. The molecule has 2 aromatic rings. The largest absolute Gasteiger partial charge is 0.486 e. The van der Waals surface area contributed by atoms with E-state index in [-0.39, 0.29) is 4.83 Å². The fraction of sp³-hybridized carbons (Fsp3) is 0.200. The van der Waals surface area contributed by atoms with Crippen LogP contribution in [0.15, 0.2) is 40.9 Å². The molecule has 0 amide bonds. The van der Waals surface area contributed by atoms with Gasteiger partial charge in [0.05, 0.1) is 9.85 Å². The molecule has 1 atom stereocenters. The predicted octanol–water partition coefficient (Wildman–Crippen LogP) is 5.36. The molecule has 2 nitrogen and oxygen atoms in total. The van der Waals surface area contributed by atoms with Crippen molar-refractivity contribution < 1.29 is 9.47 Å². The molecule has 3 rings (SSSR count). The number of hydrogen-bond donors (Lipinski definition) is 0. The monoisotopic (exact) mass is 416 g/mol. The molecule has 0 radical (unpaired) electrons. The Morgan fingerprint density at radius 2 is 1.80 bits per heavy atom. The fourth-order valence-corrected chi connectivity index (χ4v) is 3.53. The number of rotatable bonds is 2. The Morgan fingerprint density at radius 3 is 2.60 bits per heavy atom. The van der Waals surface area contributed by atoms with Crippen molar-refractivity contribution >= 4 is 43.5 Å². The highest BCUT2D eigenvalue weighted by Crippen LogP contribution is 2.41. The smallest absolute Gasteiger partial charge is 0.161 e. The van der Waals surface area contributed by atoms with Crippen LogP contribution in [-0.2, 0) is 0 Å². The molecule has 0 aromatic heterocycles. The Labute approximate surface area is 139 Å². The van der Waals surface area contributed by atoms with Crippen LogP contribution in [0.5, 0.6) is 11.5 Å². The highest BCUT2D eigenvalue weighted by atomic mass is 79.9. The second kappa shape index (κ2) is 5.96. The van der Waals surface area contributed by atoms with Crippen LogP contribution in [0, 0.1) is 0 Å². The summed E-state index contributed by atoms with van der Waals surface area (Å²) in [5, 5.41) is 0.712.